The number of nitrogens with one attached hydrogen (secondary N) is 1. The van der Waals surface area contributed by atoms with Crippen LogP contribution < -0.4 is 5.32 Å². The van der Waals surface area contributed by atoms with Gasteiger partial charge in [-0.25, -0.2) is 0 Å². The Hall–Kier alpha value is -0.923. The maximum absolute atomic E-state index is 13.0. The van der Waals surface area contributed by atoms with Crippen LogP contribution >= 0.6 is 0 Å². The fourth-order valence-electron chi connectivity index (χ4n) is 3.78. The summed E-state index contributed by atoms with van der Waals surface area (Å²) in [5.41, 5.74) is 0. The molecule has 0 radical (unpaired) electrons. The Morgan fingerprint density at radius 3 is 2.37 bits per heavy atom. The summed E-state index contributed by atoms with van der Waals surface area (Å²) in [4.78, 5) is 29.6. The summed E-state index contributed by atoms with van der Waals surface area (Å²) < 4.78 is 6.46. The van der Waals surface area contributed by atoms with Crippen LogP contribution in [0.1, 0.15) is 41.0 Å². The van der Waals surface area contributed by atoms with Crippen LogP contribution in [0.25, 0.3) is 0 Å². The van der Waals surface area contributed by atoms with E-state index in [1.54, 1.807) is 0 Å². The highest BCUT2D eigenvalue weighted by Crippen LogP contribution is 2.39. The number of carbonyl (C=O) groups is 2. The topological polar surface area (TPSA) is 61.9 Å². The molecule has 0 aromatic rings. The first-order chi connectivity index (χ1) is 12.3. The van der Waals surface area contributed by atoms with Crippen molar-refractivity contribution in [3.8, 4) is 0 Å². The lowest BCUT2D eigenvalue weighted by atomic mass is 9.78. The Labute approximate surface area is 166 Å². The van der Waals surface area contributed by atoms with Crippen molar-refractivity contribution in [3.05, 3.63) is 0 Å². The predicted octanol–water partition coefficient (Wildman–Crippen LogP) is 2.31. The smallest absolute Gasteiger partial charge is 0.228 e. The van der Waals surface area contributed by atoms with Gasteiger partial charge in [0.25, 0.3) is 0 Å². The zero-order valence-electron chi connectivity index (χ0n) is 18.5. The van der Waals surface area contributed by atoms with Gasteiger partial charge >= 0.3 is 0 Å². The molecular formula is C20H39N3O3Si. The van der Waals surface area contributed by atoms with Crippen LogP contribution in [-0.4, -0.2) is 75.3 Å². The molecule has 2 fully saturated rings. The molecule has 4 atom stereocenters. The van der Waals surface area contributed by atoms with Gasteiger partial charge in [0.15, 0.2) is 8.32 Å². The molecule has 1 unspecified atom stereocenters. The molecule has 0 bridgehead atoms. The van der Waals surface area contributed by atoms with E-state index in [9.17, 15) is 9.59 Å². The Kier molecular flexibility index (Phi) is 6.80. The van der Waals surface area contributed by atoms with Crippen molar-refractivity contribution in [1.82, 2.24) is 15.1 Å². The average Bonchev–Trinajstić information content (AvgIpc) is 2.74. The van der Waals surface area contributed by atoms with Crippen molar-refractivity contribution >= 4 is 20.1 Å². The molecular weight excluding hydrogens is 358 g/mol. The SMILES string of the molecule is C[C@@H](O[Si](C)(C)C(C)(C)C)C1C(=O)N[C@@H]1[C@@H](C)C(=O)N1CCCN(C)CC1. The molecule has 0 aromatic heterocycles. The molecule has 156 valence electrons. The highest BCUT2D eigenvalue weighted by molar-refractivity contribution is 6.74. The van der Waals surface area contributed by atoms with Crippen LogP contribution in [0.4, 0.5) is 0 Å². The number of likely N-dealkylation sites (N-methyl/N-ethyl adjacent to an activating group) is 1. The van der Waals surface area contributed by atoms with E-state index in [4.69, 9.17) is 4.43 Å². The maximum Gasteiger partial charge on any atom is 0.228 e. The quantitative estimate of drug-likeness (QED) is 0.571. The van der Waals surface area contributed by atoms with Crippen LogP contribution in [0.2, 0.25) is 18.1 Å². The standard InChI is InChI=1S/C20H39N3O3Si/c1-14(19(25)23-11-9-10-22(6)12-13-23)17-16(18(24)21-17)15(2)26-27(7,8)20(3,4)5/h14-17H,9-13H2,1-8H3,(H,21,24)/t14-,15-,16?,17-/m1/s1. The summed E-state index contributed by atoms with van der Waals surface area (Å²) in [5, 5.41) is 3.07. The van der Waals surface area contributed by atoms with E-state index in [1.165, 1.54) is 0 Å². The van der Waals surface area contributed by atoms with Gasteiger partial charge in [0.2, 0.25) is 11.8 Å². The van der Waals surface area contributed by atoms with E-state index >= 15 is 0 Å². The summed E-state index contributed by atoms with van der Waals surface area (Å²) in [5.74, 6) is -0.296. The summed E-state index contributed by atoms with van der Waals surface area (Å²) in [6.07, 6.45) is 0.829. The minimum atomic E-state index is -1.96. The Balaban J connectivity index is 2.03. The zero-order chi connectivity index (χ0) is 20.6. The molecule has 2 aliphatic heterocycles. The molecule has 2 aliphatic rings. The van der Waals surface area contributed by atoms with Crippen molar-refractivity contribution in [2.24, 2.45) is 11.8 Å². The van der Waals surface area contributed by atoms with E-state index in [0.717, 1.165) is 32.6 Å². The highest BCUT2D eigenvalue weighted by atomic mass is 28.4. The molecule has 2 saturated heterocycles. The molecule has 0 aromatic carbocycles. The summed E-state index contributed by atoms with van der Waals surface area (Å²) in [7, 11) is 0.135. The molecule has 6 nitrogen and oxygen atoms in total. The number of amides is 2. The van der Waals surface area contributed by atoms with Crippen LogP contribution in [0.5, 0.6) is 0 Å². The minimum Gasteiger partial charge on any atom is -0.413 e. The lowest BCUT2D eigenvalue weighted by Crippen LogP contribution is -2.67. The van der Waals surface area contributed by atoms with Gasteiger partial charge in [-0.1, -0.05) is 27.7 Å². The normalized spacial score (nSPS) is 27.4. The van der Waals surface area contributed by atoms with E-state index < -0.39 is 8.32 Å². The first-order valence-corrected chi connectivity index (χ1v) is 13.2. The van der Waals surface area contributed by atoms with Gasteiger partial charge in [-0.2, -0.15) is 0 Å². The Morgan fingerprint density at radius 2 is 1.81 bits per heavy atom. The molecule has 2 amide bonds. The minimum absolute atomic E-state index is 0.0152. The fraction of sp³-hybridized carbons (Fsp3) is 0.900. The van der Waals surface area contributed by atoms with Crippen molar-refractivity contribution in [2.45, 2.75) is 71.3 Å². The van der Waals surface area contributed by atoms with E-state index in [2.05, 4.69) is 51.1 Å². The number of hydrogen-bond acceptors (Lipinski definition) is 4. The second-order valence-electron chi connectivity index (χ2n) is 9.91. The number of β-lactam (4-membered cyclic amide) rings is 1. The van der Waals surface area contributed by atoms with Gasteiger partial charge in [-0.3, -0.25) is 9.59 Å². The van der Waals surface area contributed by atoms with Crippen molar-refractivity contribution in [2.75, 3.05) is 33.2 Å². The third kappa shape index (κ3) is 4.92. The number of carbonyl (C=O) groups excluding carboxylic acids is 2. The summed E-state index contributed by atoms with van der Waals surface area (Å²) in [6.45, 7) is 18.5. The third-order valence-electron chi connectivity index (χ3n) is 6.75. The molecule has 0 aliphatic carbocycles. The maximum atomic E-state index is 13.0. The monoisotopic (exact) mass is 397 g/mol. The van der Waals surface area contributed by atoms with E-state index in [-0.39, 0.29) is 40.8 Å². The predicted molar refractivity (Wildman–Crippen MR) is 111 cm³/mol. The average molecular weight is 398 g/mol. The van der Waals surface area contributed by atoms with Gasteiger partial charge in [0, 0.05) is 19.6 Å². The molecule has 1 N–H and O–H groups in total. The second kappa shape index (κ2) is 8.21. The molecule has 0 saturated carbocycles. The first kappa shape index (κ1) is 22.4. The van der Waals surface area contributed by atoms with Crippen LogP contribution in [0.15, 0.2) is 0 Å². The molecule has 2 rings (SSSR count). The van der Waals surface area contributed by atoms with Gasteiger partial charge in [-0.05, 0) is 45.1 Å². The highest BCUT2D eigenvalue weighted by Gasteiger charge is 2.50. The summed E-state index contributed by atoms with van der Waals surface area (Å²) >= 11 is 0. The van der Waals surface area contributed by atoms with E-state index in [0.29, 0.717) is 0 Å². The third-order valence-corrected chi connectivity index (χ3v) is 11.3. The Bertz CT molecular complexity index is 561. The van der Waals surface area contributed by atoms with Crippen molar-refractivity contribution < 1.29 is 14.0 Å². The van der Waals surface area contributed by atoms with Crippen LogP contribution in [-0.2, 0) is 14.0 Å². The van der Waals surface area contributed by atoms with Gasteiger partial charge in [0.05, 0.1) is 24.0 Å². The fourth-order valence-corrected chi connectivity index (χ4v) is 5.21. The molecule has 27 heavy (non-hydrogen) atoms. The second-order valence-corrected chi connectivity index (χ2v) is 14.7. The number of hydrogen-bond donors (Lipinski definition) is 1. The van der Waals surface area contributed by atoms with Gasteiger partial charge in [-0.15, -0.1) is 0 Å². The van der Waals surface area contributed by atoms with Crippen molar-refractivity contribution in [3.63, 3.8) is 0 Å². The lowest BCUT2D eigenvalue weighted by molar-refractivity contribution is -0.148. The molecule has 0 spiro atoms. The number of rotatable bonds is 5. The largest absolute Gasteiger partial charge is 0.413 e. The van der Waals surface area contributed by atoms with Crippen LogP contribution in [0, 0.1) is 11.8 Å². The van der Waals surface area contributed by atoms with Crippen LogP contribution in [0.3, 0.4) is 0 Å². The first-order valence-electron chi connectivity index (χ1n) is 10.3. The zero-order valence-corrected chi connectivity index (χ0v) is 19.5. The van der Waals surface area contributed by atoms with Gasteiger partial charge < -0.3 is 19.5 Å². The van der Waals surface area contributed by atoms with E-state index in [1.807, 2.05) is 18.7 Å². The number of nitrogens with zero attached hydrogens (tertiary/aromatic N) is 2. The summed E-state index contributed by atoms with van der Waals surface area (Å²) in [6, 6.07) is -0.134. The lowest BCUT2D eigenvalue weighted by Gasteiger charge is -2.47. The molecule has 2 heterocycles. The van der Waals surface area contributed by atoms with Crippen molar-refractivity contribution in [1.29, 1.82) is 0 Å². The Morgan fingerprint density at radius 1 is 1.19 bits per heavy atom. The van der Waals surface area contributed by atoms with Gasteiger partial charge in [0.1, 0.15) is 0 Å². The molecule has 7 heteroatoms.